The maximum absolute atomic E-state index is 12.7. The van der Waals surface area contributed by atoms with Crippen molar-refractivity contribution in [3.8, 4) is 11.8 Å². The number of benzene rings is 1. The molecule has 4 rings (SSSR count). The first-order valence-electron chi connectivity index (χ1n) is 11.9. The zero-order valence-corrected chi connectivity index (χ0v) is 21.1. The molecule has 2 aromatic heterocycles. The van der Waals surface area contributed by atoms with Crippen LogP contribution in [0.4, 0.5) is 9.80 Å². The molecule has 0 fully saturated rings. The number of para-hydroxylation sites is 1. The molecule has 0 saturated carbocycles. The summed E-state index contributed by atoms with van der Waals surface area (Å²) in [6.45, 7) is 4.48. The zero-order chi connectivity index (χ0) is 25.5. The predicted octanol–water partition coefficient (Wildman–Crippen LogP) is 4.67. The Morgan fingerprint density at radius 1 is 1.33 bits per heavy atom. The maximum Gasteiger partial charge on any atom is 0.407 e. The Morgan fingerprint density at radius 2 is 2.17 bits per heavy atom. The van der Waals surface area contributed by atoms with Gasteiger partial charge in [0.1, 0.15) is 34.4 Å². The van der Waals surface area contributed by atoms with Gasteiger partial charge in [0.05, 0.1) is 18.7 Å². The Bertz CT molecular complexity index is 1280. The number of hydrogen-bond acceptors (Lipinski definition) is 8. The van der Waals surface area contributed by atoms with E-state index in [2.05, 4.69) is 21.9 Å². The Balaban J connectivity index is 1.33. The van der Waals surface area contributed by atoms with E-state index in [1.807, 2.05) is 31.2 Å². The number of thiophene rings is 1. The number of nitriles is 1. The number of rotatable bonds is 9. The minimum Gasteiger partial charge on any atom is -0.494 e. The van der Waals surface area contributed by atoms with Crippen LogP contribution >= 0.6 is 11.3 Å². The molecule has 0 saturated heterocycles. The number of amides is 2. The van der Waals surface area contributed by atoms with Gasteiger partial charge in [-0.1, -0.05) is 23.4 Å². The summed E-state index contributed by atoms with van der Waals surface area (Å²) in [5.41, 5.74) is 3.02. The summed E-state index contributed by atoms with van der Waals surface area (Å²) in [5.74, 6) is 1.29. The lowest BCUT2D eigenvalue weighted by molar-refractivity contribution is -0.116. The van der Waals surface area contributed by atoms with Crippen molar-refractivity contribution in [3.05, 3.63) is 63.4 Å². The molecule has 0 aliphatic heterocycles. The molecular formula is C26H28N4O5S. The van der Waals surface area contributed by atoms with Gasteiger partial charge >= 0.3 is 6.09 Å². The van der Waals surface area contributed by atoms with Crippen LogP contribution in [-0.2, 0) is 35.3 Å². The van der Waals surface area contributed by atoms with E-state index in [9.17, 15) is 14.9 Å². The van der Waals surface area contributed by atoms with E-state index in [1.54, 1.807) is 13.0 Å². The normalized spacial score (nSPS) is 14.4. The fraction of sp³-hybridized carbons (Fsp3) is 0.385. The monoisotopic (exact) mass is 508 g/mol. The van der Waals surface area contributed by atoms with E-state index >= 15 is 0 Å². The Hall–Kier alpha value is -3.84. The van der Waals surface area contributed by atoms with Crippen molar-refractivity contribution in [2.75, 3.05) is 11.9 Å². The Kier molecular flexibility index (Phi) is 8.23. The van der Waals surface area contributed by atoms with Crippen molar-refractivity contribution in [1.82, 2.24) is 10.5 Å². The van der Waals surface area contributed by atoms with Gasteiger partial charge in [-0.05, 0) is 50.3 Å². The first-order chi connectivity index (χ1) is 17.5. The summed E-state index contributed by atoms with van der Waals surface area (Å²) in [5, 5.41) is 19.7. The summed E-state index contributed by atoms with van der Waals surface area (Å²) in [4.78, 5) is 25.9. The van der Waals surface area contributed by atoms with Crippen LogP contribution in [0.15, 0.2) is 34.9 Å². The van der Waals surface area contributed by atoms with Crippen LogP contribution in [0, 0.1) is 18.3 Å². The van der Waals surface area contributed by atoms with Gasteiger partial charge in [-0.25, -0.2) is 4.79 Å². The van der Waals surface area contributed by atoms with Crippen molar-refractivity contribution in [2.45, 2.75) is 58.6 Å². The highest BCUT2D eigenvalue weighted by molar-refractivity contribution is 7.16. The lowest BCUT2D eigenvalue weighted by Gasteiger charge is -2.22. The molecule has 9 nitrogen and oxygen atoms in total. The van der Waals surface area contributed by atoms with Gasteiger partial charge in [-0.3, -0.25) is 4.79 Å². The third-order valence-corrected chi connectivity index (χ3v) is 7.01. The summed E-state index contributed by atoms with van der Waals surface area (Å²) in [6.07, 6.45) is 1.69. The number of aromatic nitrogens is 1. The highest BCUT2D eigenvalue weighted by Crippen LogP contribution is 2.38. The molecule has 3 aromatic rings. The van der Waals surface area contributed by atoms with Gasteiger partial charge in [0.2, 0.25) is 5.91 Å². The number of carbonyl (C=O) groups is 2. The molecule has 188 valence electrons. The predicted molar refractivity (Wildman–Crippen MR) is 134 cm³/mol. The van der Waals surface area contributed by atoms with Crippen molar-refractivity contribution in [3.63, 3.8) is 0 Å². The van der Waals surface area contributed by atoms with Crippen molar-refractivity contribution >= 4 is 28.3 Å². The molecule has 1 unspecified atom stereocenters. The molecule has 2 amide bonds. The van der Waals surface area contributed by atoms with E-state index in [0.717, 1.165) is 21.8 Å². The van der Waals surface area contributed by atoms with Gasteiger partial charge in [-0.15, -0.1) is 11.3 Å². The Morgan fingerprint density at radius 3 is 2.92 bits per heavy atom. The topological polar surface area (TPSA) is 126 Å². The second-order valence-corrected chi connectivity index (χ2v) is 9.57. The number of alkyl carbamates (subject to hydrolysis) is 1. The number of nitrogens with zero attached hydrogens (tertiary/aromatic N) is 2. The van der Waals surface area contributed by atoms with E-state index in [1.165, 1.54) is 11.3 Å². The van der Waals surface area contributed by atoms with Gasteiger partial charge in [0.15, 0.2) is 0 Å². The number of anilines is 1. The molecule has 0 radical (unpaired) electrons. The van der Waals surface area contributed by atoms with Crippen LogP contribution in [0.5, 0.6) is 5.75 Å². The quantitative estimate of drug-likeness (QED) is 0.430. The van der Waals surface area contributed by atoms with E-state index < -0.39 is 6.09 Å². The van der Waals surface area contributed by atoms with Crippen molar-refractivity contribution in [1.29, 1.82) is 5.26 Å². The van der Waals surface area contributed by atoms with Crippen LogP contribution < -0.4 is 15.4 Å². The number of aryl methyl sites for hydroxylation is 2. The average Bonchev–Trinajstić information content (AvgIpc) is 3.44. The molecular weight excluding hydrogens is 480 g/mol. The smallest absolute Gasteiger partial charge is 0.407 e. The second kappa shape index (κ2) is 11.7. The summed E-state index contributed by atoms with van der Waals surface area (Å²) in [7, 11) is 0. The number of carbonyl (C=O) groups excluding carboxylic acids is 2. The first-order valence-corrected chi connectivity index (χ1v) is 12.7. The number of fused-ring (bicyclic) bond motifs is 1. The number of nitrogens with one attached hydrogen (secondary N) is 2. The molecule has 1 atom stereocenters. The van der Waals surface area contributed by atoms with Crippen LogP contribution in [0.1, 0.15) is 52.8 Å². The summed E-state index contributed by atoms with van der Waals surface area (Å²) in [6, 6.07) is 11.7. The van der Waals surface area contributed by atoms with Gasteiger partial charge < -0.3 is 24.6 Å². The van der Waals surface area contributed by atoms with Crippen LogP contribution in [0.2, 0.25) is 0 Å². The second-order valence-electron chi connectivity index (χ2n) is 8.46. The molecule has 1 aliphatic carbocycles. The zero-order valence-electron chi connectivity index (χ0n) is 20.3. The van der Waals surface area contributed by atoms with E-state index in [4.69, 9.17) is 14.0 Å². The fourth-order valence-electron chi connectivity index (χ4n) is 4.16. The van der Waals surface area contributed by atoms with Crippen molar-refractivity contribution < 1.29 is 23.6 Å². The van der Waals surface area contributed by atoms with Gasteiger partial charge in [0, 0.05) is 23.8 Å². The summed E-state index contributed by atoms with van der Waals surface area (Å²) >= 11 is 1.38. The molecule has 0 bridgehead atoms. The minimum absolute atomic E-state index is 0.160. The van der Waals surface area contributed by atoms with Gasteiger partial charge in [0.25, 0.3) is 0 Å². The standard InChI is InChI=1S/C26H28N4O5S/c1-3-33-22-7-5-4-6-17(22)8-11-24(31)29-25-21(14-27)20-10-9-19(13-23(20)36-25)34-26(32)28-15-18-12-16(2)35-30-18/h4-7,12,19H,3,8-11,13,15H2,1-2H3,(H,28,32)(H,29,31). The lowest BCUT2D eigenvalue weighted by atomic mass is 9.94. The fourth-order valence-corrected chi connectivity index (χ4v) is 5.44. The largest absolute Gasteiger partial charge is 0.494 e. The lowest BCUT2D eigenvalue weighted by Crippen LogP contribution is -2.31. The third kappa shape index (κ3) is 6.23. The first kappa shape index (κ1) is 25.3. The maximum atomic E-state index is 12.7. The highest BCUT2D eigenvalue weighted by atomic mass is 32.1. The minimum atomic E-state index is -0.526. The average molecular weight is 509 g/mol. The van der Waals surface area contributed by atoms with Crippen molar-refractivity contribution in [2.24, 2.45) is 0 Å². The Labute approximate surface area is 213 Å². The molecule has 2 N–H and O–H groups in total. The molecule has 0 spiro atoms. The third-order valence-electron chi connectivity index (χ3n) is 5.84. The van der Waals surface area contributed by atoms with E-state index in [0.29, 0.717) is 54.3 Å². The summed E-state index contributed by atoms with van der Waals surface area (Å²) < 4.78 is 16.2. The molecule has 36 heavy (non-hydrogen) atoms. The SMILES string of the molecule is CCOc1ccccc1CCC(=O)Nc1sc2c(c1C#N)CCC(OC(=O)NCc1cc(C)on1)C2. The van der Waals surface area contributed by atoms with Gasteiger partial charge in [-0.2, -0.15) is 5.26 Å². The number of hydrogen-bond donors (Lipinski definition) is 2. The number of ether oxygens (including phenoxy) is 2. The molecule has 10 heteroatoms. The highest BCUT2D eigenvalue weighted by Gasteiger charge is 2.28. The molecule has 1 aliphatic rings. The van der Waals surface area contributed by atoms with Crippen LogP contribution in [0.25, 0.3) is 0 Å². The molecule has 1 aromatic carbocycles. The van der Waals surface area contributed by atoms with Crippen LogP contribution in [-0.4, -0.2) is 29.9 Å². The van der Waals surface area contributed by atoms with Crippen LogP contribution in [0.3, 0.4) is 0 Å². The molecule has 2 heterocycles. The van der Waals surface area contributed by atoms with E-state index in [-0.39, 0.29) is 25.0 Å².